The Balaban J connectivity index is 1.56. The summed E-state index contributed by atoms with van der Waals surface area (Å²) in [6.45, 7) is 2.70. The van der Waals surface area contributed by atoms with E-state index in [1.807, 2.05) is 30.3 Å². The van der Waals surface area contributed by atoms with Gasteiger partial charge in [0.15, 0.2) is 0 Å². The molecule has 2 heterocycles. The maximum Gasteiger partial charge on any atom is 0.267 e. The lowest BCUT2D eigenvalue weighted by Gasteiger charge is -2.22. The van der Waals surface area contributed by atoms with E-state index in [1.165, 1.54) is 23.6 Å². The smallest absolute Gasteiger partial charge is 0.267 e. The van der Waals surface area contributed by atoms with Crippen LogP contribution in [-0.4, -0.2) is 35.3 Å². The van der Waals surface area contributed by atoms with E-state index in [9.17, 15) is 9.59 Å². The topological polar surface area (TPSA) is 76.0 Å². The normalized spacial score (nSPS) is 17.2. The molecule has 6 heteroatoms. The lowest BCUT2D eigenvalue weighted by molar-refractivity contribution is -0.121. The number of carbonyl (C=O) groups excluding carboxylic acids is 1. The van der Waals surface area contributed by atoms with E-state index in [4.69, 9.17) is 0 Å². The van der Waals surface area contributed by atoms with Crippen molar-refractivity contribution in [3.05, 3.63) is 52.8 Å². The molecule has 1 aliphatic rings. The van der Waals surface area contributed by atoms with E-state index in [0.717, 1.165) is 25.1 Å². The van der Waals surface area contributed by atoms with E-state index in [1.54, 1.807) is 6.07 Å². The number of aromatic nitrogens is 2. The summed E-state index contributed by atoms with van der Waals surface area (Å²) in [5, 5.41) is 10.6. The van der Waals surface area contributed by atoms with Crippen LogP contribution in [0.5, 0.6) is 0 Å². The van der Waals surface area contributed by atoms with Crippen molar-refractivity contribution in [2.75, 3.05) is 19.6 Å². The van der Waals surface area contributed by atoms with Gasteiger partial charge in [-0.25, -0.2) is 4.68 Å². The molecule has 1 amide bonds. The second-order valence-electron chi connectivity index (χ2n) is 6.43. The molecule has 2 N–H and O–H groups in total. The third kappa shape index (κ3) is 5.00. The molecule has 1 aromatic heterocycles. The average Bonchev–Trinajstić information content (AvgIpc) is 2.65. The Bertz CT molecular complexity index is 752. The number of nitrogens with one attached hydrogen (secondary N) is 2. The van der Waals surface area contributed by atoms with Crippen molar-refractivity contribution >= 4 is 5.91 Å². The molecule has 25 heavy (non-hydrogen) atoms. The zero-order valence-electron chi connectivity index (χ0n) is 14.3. The minimum Gasteiger partial charge on any atom is -0.354 e. The fourth-order valence-electron chi connectivity index (χ4n) is 3.10. The van der Waals surface area contributed by atoms with Crippen LogP contribution >= 0.6 is 0 Å². The Morgan fingerprint density at radius 3 is 2.84 bits per heavy atom. The number of rotatable bonds is 6. The Morgan fingerprint density at radius 2 is 2.08 bits per heavy atom. The van der Waals surface area contributed by atoms with Crippen molar-refractivity contribution in [3.8, 4) is 11.3 Å². The third-order valence-corrected chi connectivity index (χ3v) is 4.50. The van der Waals surface area contributed by atoms with Gasteiger partial charge in [-0.05, 0) is 44.3 Å². The standard InChI is InChI=1S/C19H24N4O2/c24-18(21-12-10-15-5-4-11-20-13-15)14-23-19(25)9-8-17(22-23)16-6-2-1-3-7-16/h1-3,6-9,15,20H,4-5,10-14H2,(H,21,24). The molecule has 0 aliphatic carbocycles. The van der Waals surface area contributed by atoms with E-state index in [-0.39, 0.29) is 18.0 Å². The van der Waals surface area contributed by atoms with Crippen LogP contribution in [0, 0.1) is 5.92 Å². The largest absolute Gasteiger partial charge is 0.354 e. The number of hydrogen-bond acceptors (Lipinski definition) is 4. The zero-order valence-corrected chi connectivity index (χ0v) is 14.3. The van der Waals surface area contributed by atoms with Gasteiger partial charge in [0.2, 0.25) is 5.91 Å². The lowest BCUT2D eigenvalue weighted by atomic mass is 9.96. The summed E-state index contributed by atoms with van der Waals surface area (Å²) in [4.78, 5) is 24.1. The highest BCUT2D eigenvalue weighted by Crippen LogP contribution is 2.14. The van der Waals surface area contributed by atoms with E-state index >= 15 is 0 Å². The summed E-state index contributed by atoms with van der Waals surface area (Å²) >= 11 is 0. The predicted molar refractivity (Wildman–Crippen MR) is 97.2 cm³/mol. The first-order valence-electron chi connectivity index (χ1n) is 8.83. The quantitative estimate of drug-likeness (QED) is 0.834. The molecule has 0 spiro atoms. The van der Waals surface area contributed by atoms with Crippen molar-refractivity contribution in [1.29, 1.82) is 0 Å². The highest BCUT2D eigenvalue weighted by atomic mass is 16.2. The second kappa shape index (κ2) is 8.58. The molecule has 1 aromatic carbocycles. The number of piperidine rings is 1. The maximum absolute atomic E-state index is 12.1. The Labute approximate surface area is 147 Å². The summed E-state index contributed by atoms with van der Waals surface area (Å²) in [5.41, 5.74) is 1.33. The Morgan fingerprint density at radius 1 is 1.24 bits per heavy atom. The van der Waals surface area contributed by atoms with Gasteiger partial charge in [-0.1, -0.05) is 30.3 Å². The maximum atomic E-state index is 12.1. The van der Waals surface area contributed by atoms with Crippen LogP contribution in [0.15, 0.2) is 47.3 Å². The Kier molecular flexibility index (Phi) is 5.95. The first-order chi connectivity index (χ1) is 12.2. The van der Waals surface area contributed by atoms with E-state index < -0.39 is 0 Å². The molecule has 6 nitrogen and oxygen atoms in total. The van der Waals surface area contributed by atoms with Crippen LogP contribution in [0.25, 0.3) is 11.3 Å². The van der Waals surface area contributed by atoms with Crippen molar-refractivity contribution in [2.45, 2.75) is 25.8 Å². The SMILES string of the molecule is O=C(Cn1nc(-c2ccccc2)ccc1=O)NCCC1CCCNC1. The zero-order chi connectivity index (χ0) is 17.5. The van der Waals surface area contributed by atoms with Gasteiger partial charge in [0.25, 0.3) is 5.56 Å². The van der Waals surface area contributed by atoms with Crippen LogP contribution in [-0.2, 0) is 11.3 Å². The van der Waals surface area contributed by atoms with Crippen molar-refractivity contribution < 1.29 is 4.79 Å². The molecule has 132 valence electrons. The fourth-order valence-corrected chi connectivity index (χ4v) is 3.10. The first kappa shape index (κ1) is 17.4. The third-order valence-electron chi connectivity index (χ3n) is 4.50. The van der Waals surface area contributed by atoms with Crippen LogP contribution < -0.4 is 16.2 Å². The van der Waals surface area contributed by atoms with Crippen molar-refractivity contribution in [3.63, 3.8) is 0 Å². The minimum atomic E-state index is -0.272. The Hall–Kier alpha value is -2.47. The van der Waals surface area contributed by atoms with E-state index in [2.05, 4.69) is 15.7 Å². The molecule has 1 aliphatic heterocycles. The predicted octanol–water partition coefficient (Wildman–Crippen LogP) is 1.42. The molecule has 0 saturated carbocycles. The number of amides is 1. The fraction of sp³-hybridized carbons (Fsp3) is 0.421. The highest BCUT2D eigenvalue weighted by Gasteiger charge is 2.13. The minimum absolute atomic E-state index is 0.0532. The van der Waals surface area contributed by atoms with Gasteiger partial charge in [-0.15, -0.1) is 0 Å². The summed E-state index contributed by atoms with van der Waals surface area (Å²) in [6, 6.07) is 12.7. The van der Waals surface area contributed by atoms with E-state index in [0.29, 0.717) is 18.2 Å². The molecule has 0 radical (unpaired) electrons. The van der Waals surface area contributed by atoms with Crippen LogP contribution in [0.3, 0.4) is 0 Å². The number of nitrogens with zero attached hydrogens (tertiary/aromatic N) is 2. The molecule has 1 atom stereocenters. The van der Waals surface area contributed by atoms with Gasteiger partial charge in [0.05, 0.1) is 5.69 Å². The molecule has 2 aromatic rings. The molecule has 1 fully saturated rings. The summed E-state index contributed by atoms with van der Waals surface area (Å²) in [7, 11) is 0. The second-order valence-corrected chi connectivity index (χ2v) is 6.43. The van der Waals surface area contributed by atoms with Gasteiger partial charge in [0.1, 0.15) is 6.54 Å². The molecule has 1 unspecified atom stereocenters. The van der Waals surface area contributed by atoms with Gasteiger partial charge in [-0.3, -0.25) is 9.59 Å². The average molecular weight is 340 g/mol. The van der Waals surface area contributed by atoms with Gasteiger partial charge in [0, 0.05) is 18.2 Å². The monoisotopic (exact) mass is 340 g/mol. The highest BCUT2D eigenvalue weighted by molar-refractivity contribution is 5.75. The lowest BCUT2D eigenvalue weighted by Crippen LogP contribution is -2.36. The van der Waals surface area contributed by atoms with Crippen LogP contribution in [0.4, 0.5) is 0 Å². The molecular weight excluding hydrogens is 316 g/mol. The van der Waals surface area contributed by atoms with Gasteiger partial charge < -0.3 is 10.6 Å². The van der Waals surface area contributed by atoms with Crippen LogP contribution in [0.1, 0.15) is 19.3 Å². The summed E-state index contributed by atoms with van der Waals surface area (Å²) < 4.78 is 1.22. The molecular formula is C19H24N4O2. The summed E-state index contributed by atoms with van der Waals surface area (Å²) in [6.07, 6.45) is 3.37. The first-order valence-corrected chi connectivity index (χ1v) is 8.83. The van der Waals surface area contributed by atoms with Crippen molar-refractivity contribution in [2.24, 2.45) is 5.92 Å². The number of carbonyl (C=O) groups is 1. The summed E-state index contributed by atoms with van der Waals surface area (Å²) in [5.74, 6) is 0.444. The van der Waals surface area contributed by atoms with Crippen LogP contribution in [0.2, 0.25) is 0 Å². The van der Waals surface area contributed by atoms with Crippen molar-refractivity contribution in [1.82, 2.24) is 20.4 Å². The van der Waals surface area contributed by atoms with Gasteiger partial charge in [-0.2, -0.15) is 5.10 Å². The number of benzene rings is 1. The number of hydrogen-bond donors (Lipinski definition) is 2. The van der Waals surface area contributed by atoms with Gasteiger partial charge >= 0.3 is 0 Å². The molecule has 1 saturated heterocycles. The molecule has 3 rings (SSSR count). The molecule has 0 bridgehead atoms.